The van der Waals surface area contributed by atoms with E-state index in [1.165, 1.54) is 35.0 Å². The smallest absolute Gasteiger partial charge is 0.279 e. The van der Waals surface area contributed by atoms with Crippen LogP contribution in [0.5, 0.6) is 0 Å². The molecule has 4 rings (SSSR count). The van der Waals surface area contributed by atoms with Crippen LogP contribution in [0.4, 0.5) is 5.69 Å². The first kappa shape index (κ1) is 27.2. The number of carbonyl (C=O) groups is 2. The summed E-state index contributed by atoms with van der Waals surface area (Å²) in [6.45, 7) is 3.88. The lowest BCUT2D eigenvalue weighted by atomic mass is 10.0. The monoisotopic (exact) mass is 556 g/mol. The van der Waals surface area contributed by atoms with E-state index in [0.29, 0.717) is 39.1 Å². The first-order valence-electron chi connectivity index (χ1n) is 11.6. The number of nitrogens with zero attached hydrogens (tertiary/aromatic N) is 5. The van der Waals surface area contributed by atoms with Gasteiger partial charge in [0.1, 0.15) is 17.6 Å². The second-order valence-electron chi connectivity index (χ2n) is 8.80. The van der Waals surface area contributed by atoms with Crippen LogP contribution in [0.25, 0.3) is 5.57 Å². The second kappa shape index (κ2) is 10.8. The molecule has 1 aliphatic rings. The fourth-order valence-corrected chi connectivity index (χ4v) is 4.99. The number of benzene rings is 1. The van der Waals surface area contributed by atoms with Crippen LogP contribution in [-0.4, -0.2) is 46.5 Å². The van der Waals surface area contributed by atoms with Crippen LogP contribution in [0.3, 0.4) is 0 Å². The van der Waals surface area contributed by atoms with E-state index in [2.05, 4.69) is 10.3 Å². The highest BCUT2D eigenvalue weighted by molar-refractivity contribution is 6.31. The molecule has 3 heterocycles. The van der Waals surface area contributed by atoms with Gasteiger partial charge in [0, 0.05) is 37.6 Å². The molecule has 1 unspecified atom stereocenters. The normalized spacial score (nSPS) is 15.7. The third-order valence-electron chi connectivity index (χ3n) is 6.14. The summed E-state index contributed by atoms with van der Waals surface area (Å²) >= 11 is 12.5. The fourth-order valence-electron chi connectivity index (χ4n) is 4.62. The molecule has 12 heteroatoms. The van der Waals surface area contributed by atoms with Crippen molar-refractivity contribution >= 4 is 52.7 Å². The number of aliphatic imine (C=N–C) groups is 1. The van der Waals surface area contributed by atoms with E-state index in [-0.39, 0.29) is 23.3 Å². The summed E-state index contributed by atoms with van der Waals surface area (Å²) in [5, 5.41) is 3.34. The van der Waals surface area contributed by atoms with Crippen molar-refractivity contribution in [1.29, 1.82) is 0 Å². The molecule has 38 heavy (non-hydrogen) atoms. The van der Waals surface area contributed by atoms with Crippen LogP contribution >= 0.6 is 23.2 Å². The van der Waals surface area contributed by atoms with Crippen molar-refractivity contribution in [2.24, 2.45) is 12.0 Å². The van der Waals surface area contributed by atoms with Crippen LogP contribution in [-0.2, 0) is 16.6 Å². The van der Waals surface area contributed by atoms with Crippen molar-refractivity contribution in [3.63, 3.8) is 0 Å². The van der Waals surface area contributed by atoms with E-state index >= 15 is 0 Å². The van der Waals surface area contributed by atoms with Gasteiger partial charge in [0.15, 0.2) is 5.69 Å². The molecular weight excluding hydrogens is 531 g/mol. The molecule has 0 aliphatic carbocycles. The Hall–Kier alpha value is -3.89. The zero-order chi connectivity index (χ0) is 27.7. The van der Waals surface area contributed by atoms with Crippen LogP contribution < -0.4 is 15.8 Å². The zero-order valence-electron chi connectivity index (χ0n) is 21.4. The molecule has 1 atom stereocenters. The Morgan fingerprint density at radius 1 is 1.18 bits per heavy atom. The number of aromatic nitrogens is 3. The van der Waals surface area contributed by atoms with Crippen LogP contribution in [0.2, 0.25) is 10.0 Å². The van der Waals surface area contributed by atoms with Crippen LogP contribution in [0, 0.1) is 0 Å². The molecule has 0 bridgehead atoms. The van der Waals surface area contributed by atoms with Gasteiger partial charge in [0.05, 0.1) is 23.4 Å². The van der Waals surface area contributed by atoms with E-state index in [1.807, 2.05) is 18.4 Å². The van der Waals surface area contributed by atoms with Crippen LogP contribution in [0.15, 0.2) is 52.5 Å². The number of hydrogen-bond donors (Lipinski definition) is 1. The van der Waals surface area contributed by atoms with Crippen molar-refractivity contribution in [3.05, 3.63) is 85.9 Å². The maximum absolute atomic E-state index is 14.0. The number of imidazole rings is 1. The predicted octanol–water partition coefficient (Wildman–Crippen LogP) is 3.98. The Bertz CT molecular complexity index is 1520. The molecule has 198 valence electrons. The molecular formula is C26H26Cl2N6O4. The first-order valence-corrected chi connectivity index (χ1v) is 12.4. The average molecular weight is 557 g/mol. The molecule has 2 amide bonds. The van der Waals surface area contributed by atoms with Gasteiger partial charge in [-0.25, -0.2) is 4.98 Å². The van der Waals surface area contributed by atoms with Crippen molar-refractivity contribution in [1.82, 2.24) is 19.4 Å². The van der Waals surface area contributed by atoms with Gasteiger partial charge in [-0.1, -0.05) is 35.3 Å². The summed E-state index contributed by atoms with van der Waals surface area (Å²) in [7, 11) is 4.56. The van der Waals surface area contributed by atoms with Crippen molar-refractivity contribution < 1.29 is 14.3 Å². The highest BCUT2D eigenvalue weighted by Gasteiger charge is 2.46. The van der Waals surface area contributed by atoms with Gasteiger partial charge in [-0.05, 0) is 37.6 Å². The lowest BCUT2D eigenvalue weighted by Crippen LogP contribution is -2.36. The van der Waals surface area contributed by atoms with Gasteiger partial charge >= 0.3 is 0 Å². The second-order valence-corrected chi connectivity index (χ2v) is 9.67. The zero-order valence-corrected chi connectivity index (χ0v) is 22.9. The van der Waals surface area contributed by atoms with Crippen LogP contribution in [0.1, 0.15) is 53.5 Å². The third-order valence-corrected chi connectivity index (χ3v) is 6.60. The predicted molar refractivity (Wildman–Crippen MR) is 147 cm³/mol. The topological polar surface area (TPSA) is 111 Å². The lowest BCUT2D eigenvalue weighted by Gasteiger charge is -2.28. The molecule has 2 aromatic heterocycles. The summed E-state index contributed by atoms with van der Waals surface area (Å²) in [5.41, 5.74) is 1.53. The minimum atomic E-state index is -0.727. The summed E-state index contributed by atoms with van der Waals surface area (Å²) in [4.78, 5) is 48.7. The Kier molecular flexibility index (Phi) is 7.75. The minimum absolute atomic E-state index is 0.117. The molecule has 0 saturated heterocycles. The summed E-state index contributed by atoms with van der Waals surface area (Å²) in [6.07, 6.45) is 3.41. The third kappa shape index (κ3) is 4.61. The van der Waals surface area contributed by atoms with Gasteiger partial charge < -0.3 is 19.2 Å². The largest absolute Gasteiger partial charge is 0.481 e. The van der Waals surface area contributed by atoms with Gasteiger partial charge in [-0.15, -0.1) is 0 Å². The first-order chi connectivity index (χ1) is 18.1. The quantitative estimate of drug-likeness (QED) is 0.269. The minimum Gasteiger partial charge on any atom is -0.481 e. The number of anilines is 1. The molecule has 0 fully saturated rings. The molecule has 10 nitrogen and oxygen atoms in total. The number of pyridine rings is 1. The highest BCUT2D eigenvalue weighted by Crippen LogP contribution is 2.43. The molecule has 0 spiro atoms. The summed E-state index contributed by atoms with van der Waals surface area (Å²) in [5.74, 6) is 0.101. The van der Waals surface area contributed by atoms with E-state index in [9.17, 15) is 14.4 Å². The van der Waals surface area contributed by atoms with Crippen molar-refractivity contribution in [3.8, 4) is 0 Å². The van der Waals surface area contributed by atoms with Crippen molar-refractivity contribution in [2.45, 2.75) is 25.9 Å². The molecule has 1 N–H and O–H groups in total. The Labute approximate surface area is 229 Å². The van der Waals surface area contributed by atoms with Gasteiger partial charge in [-0.2, -0.15) is 0 Å². The molecule has 0 saturated carbocycles. The molecule has 1 aromatic carbocycles. The van der Waals surface area contributed by atoms with E-state index < -0.39 is 17.5 Å². The fraction of sp³-hybridized carbons (Fsp3) is 0.269. The summed E-state index contributed by atoms with van der Waals surface area (Å²) < 4.78 is 8.65. The SMILES string of the molecule is CN=C(OC)/C(=C\NC=O)c1nc2c(n1C(C)C)C(c1ccc(Cl)cc1)N(c1cc(Cl)cn(C)c1=O)C2=O. The Morgan fingerprint density at radius 3 is 2.45 bits per heavy atom. The number of hydrogen-bond acceptors (Lipinski definition) is 6. The number of aryl methyl sites for hydroxylation is 1. The highest BCUT2D eigenvalue weighted by atomic mass is 35.5. The summed E-state index contributed by atoms with van der Waals surface area (Å²) in [6, 6.07) is 7.59. The average Bonchev–Trinajstić information content (AvgIpc) is 3.39. The van der Waals surface area contributed by atoms with Gasteiger partial charge in [0.2, 0.25) is 12.3 Å². The number of amides is 2. The molecule has 3 aromatic rings. The lowest BCUT2D eigenvalue weighted by molar-refractivity contribution is -0.108. The van der Waals surface area contributed by atoms with Crippen molar-refractivity contribution in [2.75, 3.05) is 19.1 Å². The Morgan fingerprint density at radius 2 is 1.87 bits per heavy atom. The molecule has 0 radical (unpaired) electrons. The van der Waals surface area contributed by atoms with E-state index in [4.69, 9.17) is 32.9 Å². The number of halogens is 2. The molecule has 1 aliphatic heterocycles. The number of methoxy groups -OCH3 is 1. The standard InChI is InChI=1S/C26H26Cl2N6O4/c1-14(2)33-22-20(31-23(33)18(11-30-13-35)24(29-3)38-5)26(37)34(19-10-17(28)12-32(4)25(19)36)21(22)15-6-8-16(27)9-7-15/h6-14,21H,1-5H3,(H,30,35)/b18-11-,29-24?. The Balaban J connectivity index is 2.06. The van der Waals surface area contributed by atoms with E-state index in [1.54, 1.807) is 38.4 Å². The number of fused-ring (bicyclic) bond motifs is 1. The maximum atomic E-state index is 14.0. The van der Waals surface area contributed by atoms with E-state index in [0.717, 1.165) is 0 Å². The number of rotatable bonds is 7. The number of carbonyl (C=O) groups excluding carboxylic acids is 2. The van der Waals surface area contributed by atoms with Gasteiger partial charge in [0.25, 0.3) is 11.5 Å². The number of ether oxygens (including phenoxy) is 1. The maximum Gasteiger partial charge on any atom is 0.279 e. The number of nitrogens with one attached hydrogen (secondary N) is 1. The van der Waals surface area contributed by atoms with Gasteiger partial charge in [-0.3, -0.25) is 24.3 Å².